The van der Waals surface area contributed by atoms with Crippen LogP contribution in [0.4, 0.5) is 0 Å². The van der Waals surface area contributed by atoms with Crippen LogP contribution in [-0.2, 0) is 0 Å². The highest BCUT2D eigenvalue weighted by molar-refractivity contribution is 5.43. The average molecular weight is 292 g/mol. The lowest BCUT2D eigenvalue weighted by molar-refractivity contribution is 0.106. The normalized spacial score (nSPS) is 11.2. The van der Waals surface area contributed by atoms with Crippen LogP contribution < -0.4 is 4.74 Å². The molecule has 114 valence electrons. The van der Waals surface area contributed by atoms with E-state index in [0.29, 0.717) is 0 Å². The van der Waals surface area contributed by atoms with Crippen molar-refractivity contribution in [1.82, 2.24) is 0 Å². The molecule has 0 aliphatic carbocycles. The molecule has 0 aliphatic heterocycles. The first kappa shape index (κ1) is 16.8. The van der Waals surface area contributed by atoms with Gasteiger partial charge in [-0.3, -0.25) is 0 Å². The fraction of sp³-hybridized carbons (Fsp3) is 0.250. The summed E-state index contributed by atoms with van der Waals surface area (Å²) in [5, 5.41) is 36.2. The minimum Gasteiger partial charge on any atom is -0.508 e. The number of rotatable bonds is 4. The van der Waals surface area contributed by atoms with Crippen molar-refractivity contribution in [2.45, 2.75) is 13.0 Å². The van der Waals surface area contributed by atoms with Gasteiger partial charge in [0.05, 0.1) is 0 Å². The molecule has 5 nitrogen and oxygen atoms in total. The molecule has 0 aromatic heterocycles. The Balaban J connectivity index is 0.000000677. The van der Waals surface area contributed by atoms with Crippen LogP contribution in [0.1, 0.15) is 18.6 Å². The number of hydrogen-bond acceptors (Lipinski definition) is 5. The predicted octanol–water partition coefficient (Wildman–Crippen LogP) is 2.21. The smallest absolute Gasteiger partial charge is 0.164 e. The molecule has 1 atom stereocenters. The Morgan fingerprint density at radius 2 is 1.67 bits per heavy atom. The van der Waals surface area contributed by atoms with Crippen LogP contribution in [0.25, 0.3) is 0 Å². The Labute approximate surface area is 123 Å². The van der Waals surface area contributed by atoms with Crippen molar-refractivity contribution in [1.29, 1.82) is 0 Å². The predicted molar refractivity (Wildman–Crippen MR) is 79.4 cm³/mol. The zero-order valence-electron chi connectivity index (χ0n) is 11.8. The summed E-state index contributed by atoms with van der Waals surface area (Å²) in [6.07, 6.45) is -0.784. The highest BCUT2D eigenvalue weighted by Gasteiger charge is 2.10. The molecule has 2 aromatic rings. The van der Waals surface area contributed by atoms with Gasteiger partial charge in [0.25, 0.3) is 0 Å². The Hall–Kier alpha value is -2.24. The molecule has 2 aromatic carbocycles. The molecule has 21 heavy (non-hydrogen) atoms. The Morgan fingerprint density at radius 1 is 1.05 bits per heavy atom. The van der Waals surface area contributed by atoms with E-state index in [2.05, 4.69) is 0 Å². The first-order valence-electron chi connectivity index (χ1n) is 6.57. The van der Waals surface area contributed by atoms with Crippen molar-refractivity contribution >= 4 is 0 Å². The topological polar surface area (TPSA) is 90.2 Å². The molecule has 0 heterocycles. The van der Waals surface area contributed by atoms with Crippen molar-refractivity contribution < 1.29 is 25.2 Å². The van der Waals surface area contributed by atoms with E-state index >= 15 is 0 Å². The van der Waals surface area contributed by atoms with Crippen LogP contribution >= 0.6 is 0 Å². The number of aliphatic hydroxyl groups excluding tert-OH is 2. The lowest BCUT2D eigenvalue weighted by Crippen LogP contribution is -2.09. The summed E-state index contributed by atoms with van der Waals surface area (Å²) in [5.41, 5.74) is 0.733. The van der Waals surface area contributed by atoms with Gasteiger partial charge in [0.1, 0.15) is 18.5 Å². The maximum Gasteiger partial charge on any atom is 0.164 e. The summed E-state index contributed by atoms with van der Waals surface area (Å²) in [7, 11) is 0. The molecule has 0 amide bonds. The van der Waals surface area contributed by atoms with Crippen molar-refractivity contribution in [2.24, 2.45) is 0 Å². The van der Waals surface area contributed by atoms with Crippen molar-refractivity contribution in [3.8, 4) is 17.2 Å². The van der Waals surface area contributed by atoms with Gasteiger partial charge in [-0.1, -0.05) is 30.3 Å². The van der Waals surface area contributed by atoms with Crippen LogP contribution in [0, 0.1) is 0 Å². The van der Waals surface area contributed by atoms with Crippen LogP contribution in [0.5, 0.6) is 17.2 Å². The third kappa shape index (κ3) is 5.72. The number of aromatic hydroxyl groups is 2. The standard InChI is InChI=1S/C14H14O4.C2H6O/c15-11-6-7-12(16)14(8-11)18-9-13(17)10-4-2-1-3-5-10;1-2-3/h1-8,13,15-17H,9H2;3H,2H2,1H3. The third-order valence-electron chi connectivity index (χ3n) is 2.52. The number of benzene rings is 2. The van der Waals surface area contributed by atoms with Gasteiger partial charge >= 0.3 is 0 Å². The van der Waals surface area contributed by atoms with Gasteiger partial charge in [-0.05, 0) is 24.6 Å². The summed E-state index contributed by atoms with van der Waals surface area (Å²) in [6.45, 7) is 1.93. The lowest BCUT2D eigenvalue weighted by atomic mass is 10.1. The van der Waals surface area contributed by atoms with Crippen LogP contribution in [0.3, 0.4) is 0 Å². The molecule has 4 N–H and O–H groups in total. The molecule has 0 saturated heterocycles. The molecule has 1 unspecified atom stereocenters. The average Bonchev–Trinajstić information content (AvgIpc) is 2.49. The first-order chi connectivity index (χ1) is 10.1. The number of phenols is 2. The quantitative estimate of drug-likeness (QED) is 0.649. The number of aliphatic hydroxyl groups is 2. The van der Waals surface area contributed by atoms with Gasteiger partial charge in [0.2, 0.25) is 0 Å². The van der Waals surface area contributed by atoms with Gasteiger partial charge in [-0.2, -0.15) is 0 Å². The molecule has 0 aliphatic rings. The van der Waals surface area contributed by atoms with E-state index in [1.807, 2.05) is 18.2 Å². The second-order valence-electron chi connectivity index (χ2n) is 4.21. The van der Waals surface area contributed by atoms with Crippen molar-refractivity contribution in [2.75, 3.05) is 13.2 Å². The molecular formula is C16H20O5. The first-order valence-corrected chi connectivity index (χ1v) is 6.57. The van der Waals surface area contributed by atoms with Gasteiger partial charge < -0.3 is 25.2 Å². The molecule has 0 saturated carbocycles. The van der Waals surface area contributed by atoms with Crippen LogP contribution in [-0.4, -0.2) is 33.6 Å². The highest BCUT2D eigenvalue weighted by atomic mass is 16.5. The molecular weight excluding hydrogens is 272 g/mol. The van der Waals surface area contributed by atoms with Gasteiger partial charge in [0.15, 0.2) is 11.5 Å². The monoisotopic (exact) mass is 292 g/mol. The van der Waals surface area contributed by atoms with Crippen molar-refractivity contribution in [3.05, 3.63) is 54.1 Å². The molecule has 5 heteroatoms. The minimum absolute atomic E-state index is 0.00102. The van der Waals surface area contributed by atoms with E-state index < -0.39 is 6.10 Å². The number of phenolic OH excluding ortho intramolecular Hbond substituents is 2. The van der Waals surface area contributed by atoms with Crippen LogP contribution in [0.2, 0.25) is 0 Å². The maximum absolute atomic E-state index is 9.87. The third-order valence-corrected chi connectivity index (χ3v) is 2.52. The summed E-state index contributed by atoms with van der Waals surface area (Å²) in [4.78, 5) is 0. The van der Waals surface area contributed by atoms with E-state index in [4.69, 9.17) is 9.84 Å². The Kier molecular flexibility index (Phi) is 7.08. The maximum atomic E-state index is 9.87. The molecule has 0 radical (unpaired) electrons. The molecule has 0 fully saturated rings. The van der Waals surface area contributed by atoms with E-state index in [9.17, 15) is 15.3 Å². The van der Waals surface area contributed by atoms with E-state index in [1.54, 1.807) is 19.1 Å². The number of hydrogen-bond donors (Lipinski definition) is 4. The lowest BCUT2D eigenvalue weighted by Gasteiger charge is -2.13. The summed E-state index contributed by atoms with van der Waals surface area (Å²) in [5.74, 6) is 0.0649. The molecule has 2 rings (SSSR count). The number of ether oxygens (including phenoxy) is 1. The SMILES string of the molecule is CCO.Oc1ccc(O)c(OCC(O)c2ccccc2)c1. The van der Waals surface area contributed by atoms with E-state index in [0.717, 1.165) is 5.56 Å². The molecule has 0 bridgehead atoms. The summed E-state index contributed by atoms with van der Waals surface area (Å²) >= 11 is 0. The van der Waals surface area contributed by atoms with Gasteiger partial charge in [-0.15, -0.1) is 0 Å². The largest absolute Gasteiger partial charge is 0.508 e. The Morgan fingerprint density at radius 3 is 2.29 bits per heavy atom. The van der Waals surface area contributed by atoms with E-state index in [1.165, 1.54) is 18.2 Å². The van der Waals surface area contributed by atoms with Crippen molar-refractivity contribution in [3.63, 3.8) is 0 Å². The van der Waals surface area contributed by atoms with Crippen LogP contribution in [0.15, 0.2) is 48.5 Å². The second kappa shape index (κ2) is 8.84. The highest BCUT2D eigenvalue weighted by Crippen LogP contribution is 2.30. The van der Waals surface area contributed by atoms with Gasteiger partial charge in [0, 0.05) is 12.7 Å². The fourth-order valence-electron chi connectivity index (χ4n) is 1.56. The summed E-state index contributed by atoms with van der Waals surface area (Å²) < 4.78 is 5.27. The van der Waals surface area contributed by atoms with E-state index in [-0.39, 0.29) is 30.5 Å². The van der Waals surface area contributed by atoms with Gasteiger partial charge in [-0.25, -0.2) is 0 Å². The second-order valence-corrected chi connectivity index (χ2v) is 4.21. The minimum atomic E-state index is -0.784. The fourth-order valence-corrected chi connectivity index (χ4v) is 1.56. The zero-order valence-corrected chi connectivity index (χ0v) is 11.8. The Bertz CT molecular complexity index is 527. The summed E-state index contributed by atoms with van der Waals surface area (Å²) in [6, 6.07) is 13.1. The zero-order chi connectivity index (χ0) is 15.7. The molecule has 0 spiro atoms.